The minimum absolute atomic E-state index is 0.0239. The Labute approximate surface area is 228 Å². The Morgan fingerprint density at radius 3 is 2.43 bits per heavy atom. The maximum absolute atomic E-state index is 14.5. The van der Waals surface area contributed by atoms with Crippen molar-refractivity contribution in [2.75, 3.05) is 12.8 Å². The lowest BCUT2D eigenvalue weighted by molar-refractivity contribution is -0.169. The fourth-order valence-corrected chi connectivity index (χ4v) is 12.9. The van der Waals surface area contributed by atoms with Crippen molar-refractivity contribution in [2.24, 2.45) is 55.7 Å². The molecule has 2 spiro atoms. The number of hydrogen-bond acceptors (Lipinski definition) is 5. The van der Waals surface area contributed by atoms with Gasteiger partial charge in [-0.1, -0.05) is 34.6 Å². The number of aliphatic hydroxyl groups is 1. The number of rotatable bonds is 3. The van der Waals surface area contributed by atoms with E-state index in [1.54, 1.807) is 11.8 Å². The molecule has 6 aliphatic rings. The average molecular weight is 529 g/mol. The van der Waals surface area contributed by atoms with E-state index in [9.17, 15) is 14.7 Å². The Hall–Kier alpha value is -0.880. The molecule has 5 saturated carbocycles. The van der Waals surface area contributed by atoms with Crippen molar-refractivity contribution in [1.82, 2.24) is 4.90 Å². The van der Waals surface area contributed by atoms with Crippen LogP contribution in [-0.4, -0.2) is 57.7 Å². The van der Waals surface area contributed by atoms with Gasteiger partial charge in [-0.3, -0.25) is 14.6 Å². The summed E-state index contributed by atoms with van der Waals surface area (Å²) in [6, 6.07) is 0.309. The van der Waals surface area contributed by atoms with Crippen LogP contribution in [0, 0.1) is 50.7 Å². The number of Topliss-reactive ketones (excluding diaryl/α,β-unsaturated/α-hetero) is 1. The summed E-state index contributed by atoms with van der Waals surface area (Å²) in [5.41, 5.74) is -0.271. The summed E-state index contributed by atoms with van der Waals surface area (Å²) in [6.07, 6.45) is 6.43. The molecular weight excluding hydrogens is 480 g/mol. The molecule has 6 heteroatoms. The number of nitrogens with zero attached hydrogens (tertiary/aromatic N) is 2. The first-order chi connectivity index (χ1) is 17.2. The van der Waals surface area contributed by atoms with Crippen LogP contribution < -0.4 is 0 Å². The van der Waals surface area contributed by atoms with Crippen LogP contribution in [0.5, 0.6) is 0 Å². The van der Waals surface area contributed by atoms with Gasteiger partial charge in [0.05, 0.1) is 17.2 Å². The third-order valence-electron chi connectivity index (χ3n) is 13.6. The van der Waals surface area contributed by atoms with Gasteiger partial charge in [0.25, 0.3) is 0 Å². The van der Waals surface area contributed by atoms with Gasteiger partial charge in [-0.15, -0.1) is 11.8 Å². The van der Waals surface area contributed by atoms with E-state index in [4.69, 9.17) is 4.99 Å². The van der Waals surface area contributed by atoms with E-state index >= 15 is 0 Å². The van der Waals surface area contributed by atoms with Crippen molar-refractivity contribution in [1.29, 1.82) is 0 Å². The Balaban J connectivity index is 1.36. The Morgan fingerprint density at radius 2 is 1.78 bits per heavy atom. The van der Waals surface area contributed by atoms with Gasteiger partial charge in [0.15, 0.2) is 0 Å². The number of aliphatic imine (C=N–C) groups is 1. The van der Waals surface area contributed by atoms with E-state index in [2.05, 4.69) is 41.5 Å². The molecule has 1 heterocycles. The highest BCUT2D eigenvalue weighted by Gasteiger charge is 2.86. The summed E-state index contributed by atoms with van der Waals surface area (Å²) in [7, 11) is 1.85. The summed E-state index contributed by atoms with van der Waals surface area (Å²) in [4.78, 5) is 33.9. The second kappa shape index (κ2) is 7.86. The lowest BCUT2D eigenvalue weighted by Crippen LogP contribution is -2.62. The lowest BCUT2D eigenvalue weighted by atomic mass is 9.41. The van der Waals surface area contributed by atoms with Gasteiger partial charge in [-0.25, -0.2) is 0 Å². The van der Waals surface area contributed by atoms with Crippen LogP contribution in [-0.2, 0) is 9.59 Å². The van der Waals surface area contributed by atoms with Crippen molar-refractivity contribution in [2.45, 2.75) is 112 Å². The van der Waals surface area contributed by atoms with Crippen LogP contribution in [0.25, 0.3) is 0 Å². The van der Waals surface area contributed by atoms with Crippen LogP contribution in [0.3, 0.4) is 0 Å². The van der Waals surface area contributed by atoms with E-state index in [0.29, 0.717) is 36.0 Å². The third kappa shape index (κ3) is 2.96. The van der Waals surface area contributed by atoms with Crippen molar-refractivity contribution >= 4 is 28.5 Å². The normalized spacial score (nSPS) is 52.8. The highest BCUT2D eigenvalue weighted by Crippen LogP contribution is 2.88. The van der Waals surface area contributed by atoms with Gasteiger partial charge >= 0.3 is 0 Å². The van der Waals surface area contributed by atoms with Crippen molar-refractivity contribution in [3.8, 4) is 0 Å². The van der Waals surface area contributed by atoms with E-state index in [1.165, 1.54) is 11.5 Å². The average Bonchev–Trinajstić information content (AvgIpc) is 3.46. The number of amides is 1. The second-order valence-electron chi connectivity index (χ2n) is 15.1. The maximum Gasteiger partial charge on any atom is 0.219 e. The molecule has 0 radical (unpaired) electrons. The summed E-state index contributed by atoms with van der Waals surface area (Å²) in [6.45, 7) is 15.4. The zero-order valence-corrected chi connectivity index (χ0v) is 25.1. The van der Waals surface area contributed by atoms with E-state index in [-0.39, 0.29) is 44.9 Å². The molecule has 206 valence electrons. The van der Waals surface area contributed by atoms with Gasteiger partial charge in [0, 0.05) is 54.9 Å². The highest BCUT2D eigenvalue weighted by atomic mass is 32.2. The molecule has 1 N–H and O–H groups in total. The predicted molar refractivity (Wildman–Crippen MR) is 149 cm³/mol. The molecule has 0 aromatic rings. The van der Waals surface area contributed by atoms with Crippen LogP contribution >= 0.6 is 11.8 Å². The minimum atomic E-state index is -0.478. The molecule has 5 nitrogen and oxygen atoms in total. The zero-order valence-electron chi connectivity index (χ0n) is 24.3. The molecule has 0 aromatic carbocycles. The van der Waals surface area contributed by atoms with Gasteiger partial charge in [0.2, 0.25) is 5.91 Å². The lowest BCUT2D eigenvalue weighted by Gasteiger charge is -2.63. The van der Waals surface area contributed by atoms with Crippen LogP contribution in [0.4, 0.5) is 0 Å². The first kappa shape index (κ1) is 26.3. The topological polar surface area (TPSA) is 70.0 Å². The summed E-state index contributed by atoms with van der Waals surface area (Å²) >= 11 is 1.98. The molecule has 1 aliphatic heterocycles. The molecule has 0 aromatic heterocycles. The molecular formula is C31H48N2O3S. The fourth-order valence-electron chi connectivity index (χ4n) is 11.5. The second-order valence-corrected chi connectivity index (χ2v) is 16.1. The highest BCUT2D eigenvalue weighted by molar-refractivity contribution is 8.14. The quantitative estimate of drug-likeness (QED) is 0.518. The molecule has 0 unspecified atom stereocenters. The summed E-state index contributed by atoms with van der Waals surface area (Å²) in [5, 5.41) is 12.9. The first-order valence-corrected chi connectivity index (χ1v) is 15.8. The molecule has 1 amide bonds. The maximum atomic E-state index is 14.5. The van der Waals surface area contributed by atoms with Gasteiger partial charge in [-0.05, 0) is 73.5 Å². The zero-order chi connectivity index (χ0) is 26.9. The first-order valence-electron chi connectivity index (χ1n) is 14.8. The molecule has 11 atom stereocenters. The molecule has 0 bridgehead atoms. The number of hydrogen-bond donors (Lipinski definition) is 1. The molecule has 0 saturated heterocycles. The Morgan fingerprint density at radius 1 is 1.11 bits per heavy atom. The van der Waals surface area contributed by atoms with Gasteiger partial charge < -0.3 is 10.0 Å². The number of carbonyl (C=O) groups is 2. The SMILES string of the molecule is CC(=O)N(C)[C@@H](C)[C@H]1[C@H](O)C[C@@]2(C)[C@@H]3CC[C@H]4[C@]5(C)CSC(C(C)C)=N[C@H]5CC[C@@]45C[C@]35C(=O)C[C@]12C. The van der Waals surface area contributed by atoms with Crippen molar-refractivity contribution in [3.63, 3.8) is 0 Å². The van der Waals surface area contributed by atoms with Crippen molar-refractivity contribution in [3.05, 3.63) is 0 Å². The van der Waals surface area contributed by atoms with Crippen LogP contribution in [0.2, 0.25) is 0 Å². The van der Waals surface area contributed by atoms with Crippen molar-refractivity contribution < 1.29 is 14.7 Å². The predicted octanol–water partition coefficient (Wildman–Crippen LogP) is 5.59. The smallest absolute Gasteiger partial charge is 0.219 e. The van der Waals surface area contributed by atoms with Crippen LogP contribution in [0.1, 0.15) is 93.4 Å². The van der Waals surface area contributed by atoms with E-state index in [0.717, 1.165) is 37.9 Å². The number of ketones is 1. The summed E-state index contributed by atoms with van der Waals surface area (Å²) < 4.78 is 0. The van der Waals surface area contributed by atoms with Crippen LogP contribution in [0.15, 0.2) is 4.99 Å². The molecule has 5 aliphatic carbocycles. The molecule has 5 fully saturated rings. The monoisotopic (exact) mass is 528 g/mol. The largest absolute Gasteiger partial charge is 0.393 e. The minimum Gasteiger partial charge on any atom is -0.393 e. The van der Waals surface area contributed by atoms with E-state index < -0.39 is 6.10 Å². The van der Waals surface area contributed by atoms with Gasteiger partial charge in [0.1, 0.15) is 5.78 Å². The number of thioether (sulfide) groups is 1. The Kier molecular flexibility index (Phi) is 5.60. The number of fused-ring (bicyclic) bond motifs is 4. The standard InChI is InChI=1S/C31H48N2O3S/c1-17(2)26-32-23-11-12-30-15-31(30)22(10-9-21(30)27(23,5)16-37-26)28(6)13-20(35)25(18(3)33(8)19(4)34)29(28,7)14-24(31)36/h17-18,20-23,25,35H,9-16H2,1-8H3/t18-,20+,21-,22-,23-,25-,27-,28-,29+,30+,31+/m0/s1. The number of carbonyl (C=O) groups excluding carboxylic acids is 2. The molecule has 37 heavy (non-hydrogen) atoms. The number of aliphatic hydroxyl groups excluding tert-OH is 1. The molecule has 6 rings (SSSR count). The summed E-state index contributed by atoms with van der Waals surface area (Å²) in [5.74, 6) is 2.97. The van der Waals surface area contributed by atoms with Gasteiger partial charge in [-0.2, -0.15) is 0 Å². The Bertz CT molecular complexity index is 1070. The van der Waals surface area contributed by atoms with E-state index in [1.807, 2.05) is 18.8 Å². The fraction of sp³-hybridized carbons (Fsp3) is 0.903. The third-order valence-corrected chi connectivity index (χ3v) is 15.2.